The lowest BCUT2D eigenvalue weighted by atomic mass is 10.1. The molecular weight excluding hydrogens is 404 g/mol. The van der Waals surface area contributed by atoms with Crippen molar-refractivity contribution >= 4 is 27.7 Å². The van der Waals surface area contributed by atoms with E-state index in [2.05, 4.69) is 17.4 Å². The van der Waals surface area contributed by atoms with E-state index in [0.29, 0.717) is 23.7 Å². The second-order valence-electron chi connectivity index (χ2n) is 7.36. The fourth-order valence-corrected chi connectivity index (χ4v) is 5.58. The van der Waals surface area contributed by atoms with Gasteiger partial charge in [0.1, 0.15) is 0 Å². The third kappa shape index (κ3) is 6.32. The monoisotopic (exact) mass is 432 g/mol. The first kappa shape index (κ1) is 21.9. The van der Waals surface area contributed by atoms with E-state index in [1.165, 1.54) is 17.3 Å². The lowest BCUT2D eigenvalue weighted by molar-refractivity contribution is -0.119. The molecule has 1 aliphatic heterocycles. The van der Waals surface area contributed by atoms with Gasteiger partial charge in [0.15, 0.2) is 0 Å². The van der Waals surface area contributed by atoms with E-state index in [1.807, 2.05) is 25.1 Å². The third-order valence-electron chi connectivity index (χ3n) is 5.01. The van der Waals surface area contributed by atoms with Gasteiger partial charge in [-0.15, -0.1) is 11.8 Å². The van der Waals surface area contributed by atoms with Gasteiger partial charge >= 0.3 is 0 Å². The minimum Gasteiger partial charge on any atom is -0.353 e. The van der Waals surface area contributed by atoms with Gasteiger partial charge < -0.3 is 5.32 Å². The molecule has 7 heteroatoms. The summed E-state index contributed by atoms with van der Waals surface area (Å²) >= 11 is 1.42. The van der Waals surface area contributed by atoms with Crippen molar-refractivity contribution in [1.29, 1.82) is 0 Å². The molecule has 0 saturated carbocycles. The maximum Gasteiger partial charge on any atom is 0.243 e. The Morgan fingerprint density at radius 2 is 1.72 bits per heavy atom. The summed E-state index contributed by atoms with van der Waals surface area (Å²) in [6.45, 7) is 3.21. The quantitative estimate of drug-likeness (QED) is 0.614. The summed E-state index contributed by atoms with van der Waals surface area (Å²) in [5, 5.41) is 3.03. The number of sulfonamides is 1. The average molecular weight is 433 g/mol. The zero-order chi connectivity index (χ0) is 20.7. The van der Waals surface area contributed by atoms with Crippen molar-refractivity contribution in [3.63, 3.8) is 0 Å². The second-order valence-corrected chi connectivity index (χ2v) is 10.4. The molecule has 5 nitrogen and oxygen atoms in total. The SMILES string of the molecule is C[C@@H](CCc1ccccc1)NC(=O)CSc1ccc(S(=O)(=O)N2CCCC2)cc1. The number of amides is 1. The van der Waals surface area contributed by atoms with E-state index in [4.69, 9.17) is 0 Å². The number of carbonyl (C=O) groups is 1. The van der Waals surface area contributed by atoms with Crippen molar-refractivity contribution in [1.82, 2.24) is 9.62 Å². The molecular formula is C22H28N2O3S2. The first-order valence-corrected chi connectivity index (χ1v) is 12.4. The Kier molecular flexibility index (Phi) is 7.75. The van der Waals surface area contributed by atoms with Crippen molar-refractivity contribution in [3.05, 3.63) is 60.2 Å². The van der Waals surface area contributed by atoms with Gasteiger partial charge in [-0.3, -0.25) is 4.79 Å². The molecule has 2 aromatic rings. The summed E-state index contributed by atoms with van der Waals surface area (Å²) in [5.74, 6) is 0.304. The van der Waals surface area contributed by atoms with Crippen LogP contribution in [-0.4, -0.2) is 43.5 Å². The summed E-state index contributed by atoms with van der Waals surface area (Å²) < 4.78 is 26.6. The highest BCUT2D eigenvalue weighted by atomic mass is 32.2. The Labute approximate surface area is 177 Å². The minimum absolute atomic E-state index is 0.00988. The summed E-state index contributed by atoms with van der Waals surface area (Å²) in [6, 6.07) is 17.2. The van der Waals surface area contributed by atoms with Crippen molar-refractivity contribution in [2.75, 3.05) is 18.8 Å². The third-order valence-corrected chi connectivity index (χ3v) is 7.94. The number of nitrogens with zero attached hydrogens (tertiary/aromatic N) is 1. The number of nitrogens with one attached hydrogen (secondary N) is 1. The molecule has 156 valence electrons. The predicted molar refractivity (Wildman–Crippen MR) is 118 cm³/mol. The van der Waals surface area contributed by atoms with Crippen LogP contribution in [0.15, 0.2) is 64.4 Å². The maximum atomic E-state index is 12.6. The van der Waals surface area contributed by atoms with Crippen LogP contribution >= 0.6 is 11.8 Å². The molecule has 0 bridgehead atoms. The van der Waals surface area contributed by atoms with Crippen molar-refractivity contribution in [2.45, 2.75) is 48.4 Å². The number of thioether (sulfide) groups is 1. The number of hydrogen-bond donors (Lipinski definition) is 1. The van der Waals surface area contributed by atoms with E-state index in [1.54, 1.807) is 28.6 Å². The zero-order valence-electron chi connectivity index (χ0n) is 16.7. The zero-order valence-corrected chi connectivity index (χ0v) is 18.3. The van der Waals surface area contributed by atoms with Crippen molar-refractivity contribution in [2.24, 2.45) is 0 Å². The highest BCUT2D eigenvalue weighted by molar-refractivity contribution is 8.00. The van der Waals surface area contributed by atoms with Gasteiger partial charge in [-0.05, 0) is 62.4 Å². The molecule has 1 fully saturated rings. The molecule has 0 spiro atoms. The highest BCUT2D eigenvalue weighted by Gasteiger charge is 2.26. The standard InChI is InChI=1S/C22H28N2O3S2/c1-18(9-10-19-7-3-2-4-8-19)23-22(25)17-28-20-11-13-21(14-12-20)29(26,27)24-15-5-6-16-24/h2-4,7-8,11-14,18H,5-6,9-10,15-17H2,1H3,(H,23,25)/t18-/m0/s1. The maximum absolute atomic E-state index is 12.6. The molecule has 1 N–H and O–H groups in total. The molecule has 1 saturated heterocycles. The summed E-state index contributed by atoms with van der Waals surface area (Å²) in [4.78, 5) is 13.4. The Morgan fingerprint density at radius 1 is 1.07 bits per heavy atom. The second kappa shape index (κ2) is 10.3. The average Bonchev–Trinajstić information content (AvgIpc) is 3.28. The van der Waals surface area contributed by atoms with Gasteiger partial charge in [0.2, 0.25) is 15.9 Å². The van der Waals surface area contributed by atoms with Crippen LogP contribution in [0.5, 0.6) is 0 Å². The topological polar surface area (TPSA) is 66.5 Å². The van der Waals surface area contributed by atoms with Crippen molar-refractivity contribution in [3.8, 4) is 0 Å². The normalized spacial score (nSPS) is 15.9. The summed E-state index contributed by atoms with van der Waals surface area (Å²) in [5.41, 5.74) is 1.27. The number of rotatable bonds is 9. The smallest absolute Gasteiger partial charge is 0.243 e. The van der Waals surface area contributed by atoms with Crippen LogP contribution < -0.4 is 5.32 Å². The van der Waals surface area contributed by atoms with Crippen LogP contribution in [-0.2, 0) is 21.2 Å². The van der Waals surface area contributed by atoms with Gasteiger partial charge in [-0.25, -0.2) is 8.42 Å². The van der Waals surface area contributed by atoms with Crippen LogP contribution in [0.2, 0.25) is 0 Å². The first-order chi connectivity index (χ1) is 13.9. The number of hydrogen-bond acceptors (Lipinski definition) is 4. The number of aryl methyl sites for hydroxylation is 1. The number of benzene rings is 2. The molecule has 0 aliphatic carbocycles. The molecule has 0 aromatic heterocycles. The van der Waals surface area contributed by atoms with Gasteiger partial charge in [0.25, 0.3) is 0 Å². The fraction of sp³-hybridized carbons (Fsp3) is 0.409. The molecule has 2 aromatic carbocycles. The summed E-state index contributed by atoms with van der Waals surface area (Å²) in [7, 11) is -3.39. The van der Waals surface area contributed by atoms with Crippen molar-refractivity contribution < 1.29 is 13.2 Å². The van der Waals surface area contributed by atoms with Crippen LogP contribution in [0.4, 0.5) is 0 Å². The minimum atomic E-state index is -3.39. The van der Waals surface area contributed by atoms with E-state index < -0.39 is 10.0 Å². The van der Waals surface area contributed by atoms with E-state index in [9.17, 15) is 13.2 Å². The Morgan fingerprint density at radius 3 is 2.38 bits per heavy atom. The first-order valence-electron chi connectivity index (χ1n) is 10.0. The molecule has 29 heavy (non-hydrogen) atoms. The highest BCUT2D eigenvalue weighted by Crippen LogP contribution is 2.24. The lowest BCUT2D eigenvalue weighted by Gasteiger charge is -2.16. The Balaban J connectivity index is 1.44. The molecule has 1 atom stereocenters. The lowest BCUT2D eigenvalue weighted by Crippen LogP contribution is -2.34. The fourth-order valence-electron chi connectivity index (χ4n) is 3.35. The van der Waals surface area contributed by atoms with E-state index >= 15 is 0 Å². The Bertz CT molecular complexity index is 893. The molecule has 1 aliphatic rings. The van der Waals surface area contributed by atoms with Gasteiger partial charge in [-0.1, -0.05) is 30.3 Å². The largest absolute Gasteiger partial charge is 0.353 e. The van der Waals surface area contributed by atoms with Crippen LogP contribution in [0.1, 0.15) is 31.7 Å². The molecule has 0 unspecified atom stereocenters. The van der Waals surface area contributed by atoms with Gasteiger partial charge in [0, 0.05) is 24.0 Å². The van der Waals surface area contributed by atoms with Gasteiger partial charge in [-0.2, -0.15) is 4.31 Å². The number of carbonyl (C=O) groups excluding carboxylic acids is 1. The predicted octanol–water partition coefficient (Wildman–Crippen LogP) is 3.70. The van der Waals surface area contributed by atoms with Gasteiger partial charge in [0.05, 0.1) is 10.6 Å². The molecule has 3 rings (SSSR count). The summed E-state index contributed by atoms with van der Waals surface area (Å²) in [6.07, 6.45) is 3.67. The van der Waals surface area contributed by atoms with Crippen LogP contribution in [0.3, 0.4) is 0 Å². The van der Waals surface area contributed by atoms with E-state index in [-0.39, 0.29) is 11.9 Å². The molecule has 1 amide bonds. The molecule has 0 radical (unpaired) electrons. The van der Waals surface area contributed by atoms with Crippen LogP contribution in [0, 0.1) is 0 Å². The van der Waals surface area contributed by atoms with E-state index in [0.717, 1.165) is 30.6 Å². The Hall–Kier alpha value is -1.83. The molecule has 1 heterocycles. The van der Waals surface area contributed by atoms with Crippen LogP contribution in [0.25, 0.3) is 0 Å².